The summed E-state index contributed by atoms with van der Waals surface area (Å²) < 4.78 is 0. The average molecular weight is 271 g/mol. The minimum atomic E-state index is -0.454. The number of hydrogen-bond acceptors (Lipinski definition) is 5. The van der Waals surface area contributed by atoms with Crippen molar-refractivity contribution in [2.24, 2.45) is 5.10 Å². The predicted octanol–water partition coefficient (Wildman–Crippen LogP) is 3.75. The van der Waals surface area contributed by atoms with Crippen LogP contribution in [-0.2, 0) is 0 Å². The fourth-order valence-electron chi connectivity index (χ4n) is 1.66. The van der Waals surface area contributed by atoms with E-state index in [1.54, 1.807) is 30.3 Å². The van der Waals surface area contributed by atoms with E-state index < -0.39 is 4.92 Å². The molecule has 0 radical (unpaired) electrons. The van der Waals surface area contributed by atoms with Crippen LogP contribution in [0.5, 0.6) is 0 Å². The molecular weight excluding hydrogens is 262 g/mol. The molecule has 0 aliphatic heterocycles. The average Bonchev–Trinajstić information content (AvgIpc) is 2.45. The van der Waals surface area contributed by atoms with Crippen molar-refractivity contribution in [2.75, 3.05) is 5.01 Å². The number of hydrogen-bond donors (Lipinski definition) is 0. The van der Waals surface area contributed by atoms with Crippen LogP contribution in [0.3, 0.4) is 0 Å². The molecule has 0 N–H and O–H groups in total. The third-order valence-corrected chi connectivity index (χ3v) is 2.53. The lowest BCUT2D eigenvalue weighted by Gasteiger charge is -2.17. The van der Waals surface area contributed by atoms with Gasteiger partial charge in [-0.1, -0.05) is 30.3 Å². The first kappa shape index (κ1) is 12.9. The maximum Gasteiger partial charge on any atom is 0.294 e. The summed E-state index contributed by atoms with van der Waals surface area (Å²) in [6.07, 6.45) is 0. The zero-order valence-corrected chi connectivity index (χ0v) is 10.6. The van der Waals surface area contributed by atoms with E-state index in [-0.39, 0.29) is 5.69 Å². The van der Waals surface area contributed by atoms with Gasteiger partial charge in [0.05, 0.1) is 15.8 Å². The zero-order chi connectivity index (χ0) is 13.7. The van der Waals surface area contributed by atoms with Gasteiger partial charge in [0.25, 0.3) is 5.69 Å². The Labute approximate surface area is 114 Å². The van der Waals surface area contributed by atoms with Crippen molar-refractivity contribution in [1.29, 1.82) is 0 Å². The molecular formula is C13H9N3O2S. The highest BCUT2D eigenvalue weighted by Crippen LogP contribution is 2.33. The highest BCUT2D eigenvalue weighted by Gasteiger charge is 2.19. The quantitative estimate of drug-likeness (QED) is 0.368. The molecule has 0 aliphatic rings. The van der Waals surface area contributed by atoms with E-state index in [9.17, 15) is 10.1 Å². The van der Waals surface area contributed by atoms with Gasteiger partial charge in [-0.3, -0.25) is 10.1 Å². The number of isothiocyanates is 1. The van der Waals surface area contributed by atoms with Crippen LogP contribution in [0.4, 0.5) is 17.1 Å². The van der Waals surface area contributed by atoms with Crippen molar-refractivity contribution in [1.82, 2.24) is 0 Å². The summed E-state index contributed by atoms with van der Waals surface area (Å²) in [5.41, 5.74) is 0.977. The number of benzene rings is 2. The fraction of sp³-hybridized carbons (Fsp3) is 0. The molecule has 0 unspecified atom stereocenters. The molecule has 0 saturated heterocycles. The third kappa shape index (κ3) is 2.82. The zero-order valence-electron chi connectivity index (χ0n) is 9.76. The van der Waals surface area contributed by atoms with Crippen molar-refractivity contribution in [3.63, 3.8) is 0 Å². The van der Waals surface area contributed by atoms with Crippen molar-refractivity contribution >= 4 is 34.4 Å². The summed E-state index contributed by atoms with van der Waals surface area (Å²) in [4.78, 5) is 10.6. The fourth-order valence-corrected chi connectivity index (χ4v) is 1.74. The molecule has 0 aromatic heterocycles. The number of rotatable bonds is 4. The van der Waals surface area contributed by atoms with Crippen LogP contribution in [0.1, 0.15) is 0 Å². The summed E-state index contributed by atoms with van der Waals surface area (Å²) in [5, 5.41) is 18.6. The van der Waals surface area contributed by atoms with Gasteiger partial charge in [-0.2, -0.15) is 0 Å². The lowest BCUT2D eigenvalue weighted by molar-refractivity contribution is -0.384. The number of nitro groups is 1. The highest BCUT2D eigenvalue weighted by atomic mass is 32.1. The normalized spacial score (nSPS) is 9.47. The minimum Gasteiger partial charge on any atom is -0.258 e. The molecule has 0 amide bonds. The molecule has 0 aliphatic carbocycles. The van der Waals surface area contributed by atoms with Gasteiger partial charge < -0.3 is 0 Å². The molecule has 0 atom stereocenters. The first-order chi connectivity index (χ1) is 9.24. The van der Waals surface area contributed by atoms with Gasteiger partial charge in [0.1, 0.15) is 5.69 Å². The van der Waals surface area contributed by atoms with E-state index in [2.05, 4.69) is 22.5 Å². The summed E-state index contributed by atoms with van der Waals surface area (Å²) >= 11 is 4.61. The second-order valence-corrected chi connectivity index (χ2v) is 3.77. The number of nitrogens with zero attached hydrogens (tertiary/aromatic N) is 3. The molecule has 0 fully saturated rings. The SMILES string of the molecule is O=[N+]([O-])c1ccccc1N(N=C=S)c1ccccc1. The molecule has 2 rings (SSSR count). The van der Waals surface area contributed by atoms with E-state index in [1.807, 2.05) is 18.2 Å². The largest absolute Gasteiger partial charge is 0.294 e. The van der Waals surface area contributed by atoms with Crippen LogP contribution >= 0.6 is 12.2 Å². The van der Waals surface area contributed by atoms with Crippen LogP contribution in [0.15, 0.2) is 59.7 Å². The Morgan fingerprint density at radius 2 is 1.74 bits per heavy atom. The van der Waals surface area contributed by atoms with Gasteiger partial charge in [-0.25, -0.2) is 5.01 Å². The molecule has 94 valence electrons. The van der Waals surface area contributed by atoms with Crippen LogP contribution in [0.2, 0.25) is 0 Å². The van der Waals surface area contributed by atoms with Crippen molar-refractivity contribution in [3.05, 3.63) is 64.7 Å². The van der Waals surface area contributed by atoms with Gasteiger partial charge in [-0.05, 0) is 30.4 Å². The second-order valence-electron chi connectivity index (χ2n) is 3.58. The number of nitro benzene ring substituents is 1. The number of para-hydroxylation sites is 3. The Bertz CT molecular complexity index is 639. The lowest BCUT2D eigenvalue weighted by Crippen LogP contribution is -2.10. The molecule has 5 nitrogen and oxygen atoms in total. The monoisotopic (exact) mass is 271 g/mol. The highest BCUT2D eigenvalue weighted by molar-refractivity contribution is 7.78. The Hall–Kier alpha value is -2.56. The molecule has 2 aromatic carbocycles. The summed E-state index contributed by atoms with van der Waals surface area (Å²) in [6, 6.07) is 15.4. The van der Waals surface area contributed by atoms with E-state index in [4.69, 9.17) is 0 Å². The number of thiocarbonyl (C=S) groups is 1. The first-order valence-corrected chi connectivity index (χ1v) is 5.81. The maximum atomic E-state index is 11.1. The molecule has 0 spiro atoms. The van der Waals surface area contributed by atoms with Crippen LogP contribution in [0.25, 0.3) is 0 Å². The van der Waals surface area contributed by atoms with Gasteiger partial charge in [0.2, 0.25) is 0 Å². The number of hydrazone groups is 1. The summed E-state index contributed by atoms with van der Waals surface area (Å²) in [6.45, 7) is 0. The Balaban J connectivity index is 2.58. The Morgan fingerprint density at radius 3 is 2.37 bits per heavy atom. The van der Waals surface area contributed by atoms with Gasteiger partial charge >= 0.3 is 0 Å². The van der Waals surface area contributed by atoms with E-state index in [1.165, 1.54) is 11.1 Å². The number of anilines is 2. The Morgan fingerprint density at radius 1 is 1.11 bits per heavy atom. The summed E-state index contributed by atoms with van der Waals surface area (Å²) in [5.74, 6) is 0. The minimum absolute atomic E-state index is 0.0413. The van der Waals surface area contributed by atoms with E-state index in [0.29, 0.717) is 11.4 Å². The Kier molecular flexibility index (Phi) is 3.97. The van der Waals surface area contributed by atoms with Crippen molar-refractivity contribution in [3.8, 4) is 0 Å². The smallest absolute Gasteiger partial charge is 0.258 e. The van der Waals surface area contributed by atoms with Gasteiger partial charge in [-0.15, -0.1) is 5.10 Å². The molecule has 2 aromatic rings. The maximum absolute atomic E-state index is 11.1. The van der Waals surface area contributed by atoms with Crippen molar-refractivity contribution < 1.29 is 4.92 Å². The molecule has 0 heterocycles. The molecule has 0 bridgehead atoms. The topological polar surface area (TPSA) is 58.7 Å². The standard InChI is InChI=1S/C13H9N3O2S/c17-16(18)13-9-5-4-8-12(13)15(14-10-19)11-6-2-1-3-7-11/h1-9H. The van der Waals surface area contributed by atoms with Crippen LogP contribution in [-0.4, -0.2) is 10.1 Å². The van der Waals surface area contributed by atoms with Crippen LogP contribution in [0, 0.1) is 10.1 Å². The van der Waals surface area contributed by atoms with Crippen LogP contribution < -0.4 is 5.01 Å². The van der Waals surface area contributed by atoms with Crippen molar-refractivity contribution in [2.45, 2.75) is 0 Å². The predicted molar refractivity (Wildman–Crippen MR) is 76.7 cm³/mol. The molecule has 0 saturated carbocycles. The lowest BCUT2D eigenvalue weighted by atomic mass is 10.2. The third-order valence-electron chi connectivity index (χ3n) is 2.45. The summed E-state index contributed by atoms with van der Waals surface area (Å²) in [7, 11) is 0. The van der Waals surface area contributed by atoms with E-state index >= 15 is 0 Å². The van der Waals surface area contributed by atoms with Gasteiger partial charge in [0.15, 0.2) is 0 Å². The second kappa shape index (κ2) is 5.86. The molecule has 19 heavy (non-hydrogen) atoms. The first-order valence-electron chi connectivity index (χ1n) is 5.40. The van der Waals surface area contributed by atoms with E-state index in [0.717, 1.165) is 0 Å². The van der Waals surface area contributed by atoms with Gasteiger partial charge in [0, 0.05) is 6.07 Å². The molecule has 6 heteroatoms.